The molecule has 1 heterocycles. The molecule has 0 amide bonds. The maximum absolute atomic E-state index is 11.5. The van der Waals surface area contributed by atoms with E-state index in [0.717, 1.165) is 5.56 Å². The molecule has 0 atom stereocenters. The summed E-state index contributed by atoms with van der Waals surface area (Å²) in [7, 11) is 2.81. The predicted molar refractivity (Wildman–Crippen MR) is 73.0 cm³/mol. The predicted octanol–water partition coefficient (Wildman–Crippen LogP) is 2.36. The highest BCUT2D eigenvalue weighted by molar-refractivity contribution is 5.97. The minimum Gasteiger partial charge on any atom is -0.496 e. The second-order valence-electron chi connectivity index (χ2n) is 3.94. The summed E-state index contributed by atoms with van der Waals surface area (Å²) in [5.74, 6) is 0.0499. The Bertz CT molecular complexity index is 652. The highest BCUT2D eigenvalue weighted by atomic mass is 16.5. The van der Waals surface area contributed by atoms with Gasteiger partial charge < -0.3 is 9.47 Å². The Labute approximate surface area is 116 Å². The molecule has 0 saturated heterocycles. The minimum absolute atomic E-state index is 0.0419. The summed E-state index contributed by atoms with van der Waals surface area (Å²) >= 11 is 0. The van der Waals surface area contributed by atoms with Crippen molar-refractivity contribution in [3.8, 4) is 17.0 Å². The van der Waals surface area contributed by atoms with Gasteiger partial charge in [0, 0.05) is 5.56 Å². The molecule has 20 heavy (non-hydrogen) atoms. The Morgan fingerprint density at radius 3 is 2.55 bits per heavy atom. The summed E-state index contributed by atoms with van der Waals surface area (Å²) < 4.78 is 9.86. The lowest BCUT2D eigenvalue weighted by Crippen LogP contribution is -2.07. The lowest BCUT2D eigenvalue weighted by molar-refractivity contribution is 0.0597. The van der Waals surface area contributed by atoms with Gasteiger partial charge in [0.15, 0.2) is 6.29 Å². The number of pyridine rings is 1. The third kappa shape index (κ3) is 2.51. The van der Waals surface area contributed by atoms with E-state index in [2.05, 4.69) is 9.72 Å². The first-order chi connectivity index (χ1) is 9.71. The van der Waals surface area contributed by atoms with Crippen molar-refractivity contribution < 1.29 is 19.1 Å². The van der Waals surface area contributed by atoms with Crippen LogP contribution < -0.4 is 4.74 Å². The molecule has 0 fully saturated rings. The fourth-order valence-corrected chi connectivity index (χ4v) is 1.85. The third-order valence-electron chi connectivity index (χ3n) is 2.82. The molecule has 0 aliphatic rings. The molecule has 0 spiro atoms. The number of methoxy groups -OCH3 is 2. The minimum atomic E-state index is -0.592. The topological polar surface area (TPSA) is 65.5 Å². The number of benzene rings is 1. The summed E-state index contributed by atoms with van der Waals surface area (Å²) in [4.78, 5) is 26.8. The van der Waals surface area contributed by atoms with Crippen molar-refractivity contribution in [2.24, 2.45) is 0 Å². The Hall–Kier alpha value is -2.69. The summed E-state index contributed by atoms with van der Waals surface area (Å²) in [5, 5.41) is 0. The first-order valence-electron chi connectivity index (χ1n) is 5.89. The van der Waals surface area contributed by atoms with Crippen LogP contribution in [0.2, 0.25) is 0 Å². The van der Waals surface area contributed by atoms with Crippen LogP contribution >= 0.6 is 0 Å². The first-order valence-corrected chi connectivity index (χ1v) is 5.89. The number of aromatic nitrogens is 1. The van der Waals surface area contributed by atoms with Crippen LogP contribution in [-0.2, 0) is 4.74 Å². The van der Waals surface area contributed by atoms with Gasteiger partial charge in [-0.1, -0.05) is 12.1 Å². The summed E-state index contributed by atoms with van der Waals surface area (Å²) in [6.07, 6.45) is 0.533. The number of ether oxygens (including phenoxy) is 2. The van der Waals surface area contributed by atoms with Crippen molar-refractivity contribution in [1.29, 1.82) is 0 Å². The molecule has 0 saturated carbocycles. The smallest absolute Gasteiger partial charge is 0.340 e. The molecular weight excluding hydrogens is 258 g/mol. The quantitative estimate of drug-likeness (QED) is 0.631. The van der Waals surface area contributed by atoms with Gasteiger partial charge in [0.2, 0.25) is 0 Å². The molecule has 1 aromatic heterocycles. The van der Waals surface area contributed by atoms with Crippen molar-refractivity contribution >= 4 is 12.3 Å². The van der Waals surface area contributed by atoms with Crippen LogP contribution in [0.25, 0.3) is 11.3 Å². The Morgan fingerprint density at radius 1 is 1.15 bits per heavy atom. The highest BCUT2D eigenvalue weighted by Crippen LogP contribution is 2.28. The maximum atomic E-state index is 11.5. The Balaban J connectivity index is 2.54. The maximum Gasteiger partial charge on any atom is 0.340 e. The first kappa shape index (κ1) is 13.7. The van der Waals surface area contributed by atoms with E-state index in [1.807, 2.05) is 18.2 Å². The number of carbonyl (C=O) groups is 2. The van der Waals surface area contributed by atoms with E-state index in [0.29, 0.717) is 17.7 Å². The fourth-order valence-electron chi connectivity index (χ4n) is 1.85. The summed E-state index contributed by atoms with van der Waals surface area (Å²) in [5.41, 5.74) is 1.48. The zero-order valence-corrected chi connectivity index (χ0v) is 11.1. The molecule has 0 N–H and O–H groups in total. The number of nitrogens with zero attached hydrogens (tertiary/aromatic N) is 1. The SMILES string of the molecule is COC(=O)c1ccc(-c2ccccc2OC)nc1C=O. The van der Waals surface area contributed by atoms with E-state index in [-0.39, 0.29) is 11.3 Å². The fraction of sp³-hybridized carbons (Fsp3) is 0.133. The van der Waals surface area contributed by atoms with E-state index in [1.165, 1.54) is 13.2 Å². The number of hydrogen-bond acceptors (Lipinski definition) is 5. The average molecular weight is 271 g/mol. The van der Waals surface area contributed by atoms with Gasteiger partial charge in [0.1, 0.15) is 11.4 Å². The van der Waals surface area contributed by atoms with E-state index < -0.39 is 5.97 Å². The third-order valence-corrected chi connectivity index (χ3v) is 2.82. The molecular formula is C15H13NO4. The van der Waals surface area contributed by atoms with Gasteiger partial charge in [0.05, 0.1) is 25.5 Å². The van der Waals surface area contributed by atoms with Gasteiger partial charge in [-0.3, -0.25) is 4.79 Å². The largest absolute Gasteiger partial charge is 0.496 e. The van der Waals surface area contributed by atoms with E-state index in [9.17, 15) is 9.59 Å². The lowest BCUT2D eigenvalue weighted by Gasteiger charge is -2.09. The summed E-state index contributed by atoms with van der Waals surface area (Å²) in [6.45, 7) is 0. The molecule has 5 heteroatoms. The zero-order valence-electron chi connectivity index (χ0n) is 11.1. The Kier molecular flexibility index (Phi) is 4.10. The molecule has 0 unspecified atom stereocenters. The number of esters is 1. The van der Waals surface area contributed by atoms with E-state index >= 15 is 0 Å². The number of hydrogen-bond donors (Lipinski definition) is 0. The van der Waals surface area contributed by atoms with Crippen molar-refractivity contribution in [2.75, 3.05) is 14.2 Å². The Morgan fingerprint density at radius 2 is 1.90 bits per heavy atom. The monoisotopic (exact) mass is 271 g/mol. The molecule has 0 aliphatic heterocycles. The van der Waals surface area contributed by atoms with Gasteiger partial charge in [-0.2, -0.15) is 0 Å². The second-order valence-corrected chi connectivity index (χ2v) is 3.94. The van der Waals surface area contributed by atoms with Crippen LogP contribution in [0.5, 0.6) is 5.75 Å². The summed E-state index contributed by atoms with van der Waals surface area (Å²) in [6, 6.07) is 10.5. The van der Waals surface area contributed by atoms with Gasteiger partial charge in [0.25, 0.3) is 0 Å². The van der Waals surface area contributed by atoms with Crippen molar-refractivity contribution in [2.45, 2.75) is 0 Å². The normalized spacial score (nSPS) is 9.90. The molecule has 0 radical (unpaired) electrons. The molecule has 0 bridgehead atoms. The lowest BCUT2D eigenvalue weighted by atomic mass is 10.1. The van der Waals surface area contributed by atoms with Gasteiger partial charge in [-0.05, 0) is 24.3 Å². The van der Waals surface area contributed by atoms with Gasteiger partial charge in [-0.15, -0.1) is 0 Å². The molecule has 0 aliphatic carbocycles. The highest BCUT2D eigenvalue weighted by Gasteiger charge is 2.15. The molecule has 1 aromatic carbocycles. The van der Waals surface area contributed by atoms with E-state index in [4.69, 9.17) is 4.74 Å². The van der Waals surface area contributed by atoms with Crippen LogP contribution in [0.3, 0.4) is 0 Å². The molecule has 2 aromatic rings. The van der Waals surface area contributed by atoms with Gasteiger partial charge >= 0.3 is 5.97 Å². The zero-order chi connectivity index (χ0) is 14.5. The second kappa shape index (κ2) is 5.97. The number of carbonyl (C=O) groups excluding carboxylic acids is 2. The van der Waals surface area contributed by atoms with Crippen LogP contribution in [0, 0.1) is 0 Å². The van der Waals surface area contributed by atoms with E-state index in [1.54, 1.807) is 19.2 Å². The standard InChI is InChI=1S/C15H13NO4/c1-19-14-6-4-3-5-10(14)12-8-7-11(15(18)20-2)13(9-17)16-12/h3-9H,1-2H3. The molecule has 102 valence electrons. The van der Waals surface area contributed by atoms with Crippen molar-refractivity contribution in [1.82, 2.24) is 4.98 Å². The molecule has 5 nitrogen and oxygen atoms in total. The van der Waals surface area contributed by atoms with Crippen LogP contribution in [-0.4, -0.2) is 31.5 Å². The van der Waals surface area contributed by atoms with Gasteiger partial charge in [-0.25, -0.2) is 9.78 Å². The molecule has 2 rings (SSSR count). The van der Waals surface area contributed by atoms with Crippen molar-refractivity contribution in [3.63, 3.8) is 0 Å². The van der Waals surface area contributed by atoms with Crippen LogP contribution in [0.4, 0.5) is 0 Å². The average Bonchev–Trinajstić information content (AvgIpc) is 2.53. The number of rotatable bonds is 4. The number of para-hydroxylation sites is 1. The number of aldehydes is 1. The van der Waals surface area contributed by atoms with Crippen LogP contribution in [0.15, 0.2) is 36.4 Å². The van der Waals surface area contributed by atoms with Crippen LogP contribution in [0.1, 0.15) is 20.8 Å². The van der Waals surface area contributed by atoms with Crippen molar-refractivity contribution in [3.05, 3.63) is 47.7 Å².